The minimum absolute atomic E-state index is 0.251. The molecular formula is C21H21N3O5. The first-order valence-electron chi connectivity index (χ1n) is 8.98. The molecule has 3 rings (SSSR count). The van der Waals surface area contributed by atoms with E-state index in [-0.39, 0.29) is 5.56 Å². The van der Waals surface area contributed by atoms with Crippen LogP contribution in [0.5, 0.6) is 11.5 Å². The molecule has 0 aliphatic carbocycles. The first kappa shape index (κ1) is 19.9. The Hall–Kier alpha value is -3.81. The minimum Gasteiger partial charge on any atom is -0.493 e. The zero-order chi connectivity index (χ0) is 20.8. The highest BCUT2D eigenvalue weighted by molar-refractivity contribution is 6.03. The standard InChI is InChI=1S/C21H21N3O5/c1-4-28-16-11-10-15(12-17(16)27-3)20(25)22-23-21(26)18-13(2)29-24-19(18)14-8-6-5-7-9-14/h5-12H,4H2,1-3H3,(H,22,25)(H,23,26). The van der Waals surface area contributed by atoms with Crippen LogP contribution in [0.3, 0.4) is 0 Å². The van der Waals surface area contributed by atoms with E-state index in [2.05, 4.69) is 16.0 Å². The Balaban J connectivity index is 1.73. The van der Waals surface area contributed by atoms with Gasteiger partial charge in [-0.3, -0.25) is 20.4 Å². The maximum Gasteiger partial charge on any atom is 0.275 e. The Morgan fingerprint density at radius 3 is 2.45 bits per heavy atom. The average Bonchev–Trinajstić information content (AvgIpc) is 3.14. The quantitative estimate of drug-likeness (QED) is 0.622. The van der Waals surface area contributed by atoms with Crippen molar-refractivity contribution in [1.82, 2.24) is 16.0 Å². The molecule has 0 aliphatic rings. The van der Waals surface area contributed by atoms with Gasteiger partial charge in [-0.2, -0.15) is 0 Å². The topological polar surface area (TPSA) is 103 Å². The van der Waals surface area contributed by atoms with Crippen molar-refractivity contribution in [2.45, 2.75) is 13.8 Å². The van der Waals surface area contributed by atoms with E-state index in [4.69, 9.17) is 14.0 Å². The van der Waals surface area contributed by atoms with Crippen LogP contribution < -0.4 is 20.3 Å². The van der Waals surface area contributed by atoms with E-state index in [9.17, 15) is 9.59 Å². The second-order valence-electron chi connectivity index (χ2n) is 6.04. The van der Waals surface area contributed by atoms with Gasteiger partial charge < -0.3 is 14.0 Å². The van der Waals surface area contributed by atoms with Gasteiger partial charge in [-0.15, -0.1) is 0 Å². The number of ether oxygens (including phenoxy) is 2. The van der Waals surface area contributed by atoms with Gasteiger partial charge in [0.15, 0.2) is 11.5 Å². The summed E-state index contributed by atoms with van der Waals surface area (Å²) in [5, 5.41) is 3.96. The zero-order valence-electron chi connectivity index (χ0n) is 16.3. The molecule has 3 aromatic rings. The molecular weight excluding hydrogens is 374 g/mol. The van der Waals surface area contributed by atoms with E-state index in [1.165, 1.54) is 13.2 Å². The molecule has 8 nitrogen and oxygen atoms in total. The van der Waals surface area contributed by atoms with Crippen LogP contribution in [0, 0.1) is 6.92 Å². The number of rotatable bonds is 6. The number of hydrogen-bond acceptors (Lipinski definition) is 6. The molecule has 0 fully saturated rings. The molecule has 8 heteroatoms. The summed E-state index contributed by atoms with van der Waals surface area (Å²) < 4.78 is 15.9. The van der Waals surface area contributed by atoms with Gasteiger partial charge in [0.2, 0.25) is 0 Å². The summed E-state index contributed by atoms with van der Waals surface area (Å²) in [4.78, 5) is 25.1. The van der Waals surface area contributed by atoms with E-state index in [1.807, 2.05) is 37.3 Å². The lowest BCUT2D eigenvalue weighted by molar-refractivity contribution is 0.0846. The second kappa shape index (κ2) is 8.92. The van der Waals surface area contributed by atoms with Gasteiger partial charge in [0.25, 0.3) is 11.8 Å². The van der Waals surface area contributed by atoms with Crippen LogP contribution in [0.2, 0.25) is 0 Å². The third-order valence-corrected chi connectivity index (χ3v) is 4.15. The van der Waals surface area contributed by atoms with E-state index in [1.54, 1.807) is 19.1 Å². The highest BCUT2D eigenvalue weighted by atomic mass is 16.5. The highest BCUT2D eigenvalue weighted by Gasteiger charge is 2.22. The summed E-state index contributed by atoms with van der Waals surface area (Å²) in [6.07, 6.45) is 0. The molecule has 0 aliphatic heterocycles. The second-order valence-corrected chi connectivity index (χ2v) is 6.04. The van der Waals surface area contributed by atoms with Crippen LogP contribution >= 0.6 is 0 Å². The molecule has 0 atom stereocenters. The molecule has 0 bridgehead atoms. The van der Waals surface area contributed by atoms with Crippen molar-refractivity contribution in [2.24, 2.45) is 0 Å². The third kappa shape index (κ3) is 4.37. The van der Waals surface area contributed by atoms with Gasteiger partial charge in [0, 0.05) is 11.1 Å². The van der Waals surface area contributed by atoms with Gasteiger partial charge >= 0.3 is 0 Å². The fraction of sp³-hybridized carbons (Fsp3) is 0.190. The lowest BCUT2D eigenvalue weighted by atomic mass is 10.1. The summed E-state index contributed by atoms with van der Waals surface area (Å²) in [7, 11) is 1.49. The van der Waals surface area contributed by atoms with Crippen LogP contribution in [-0.2, 0) is 0 Å². The Kier molecular flexibility index (Phi) is 6.13. The van der Waals surface area contributed by atoms with Crippen LogP contribution in [-0.4, -0.2) is 30.7 Å². The third-order valence-electron chi connectivity index (χ3n) is 4.15. The van der Waals surface area contributed by atoms with Crippen molar-refractivity contribution in [3.63, 3.8) is 0 Å². The predicted molar refractivity (Wildman–Crippen MR) is 106 cm³/mol. The molecule has 2 aromatic carbocycles. The molecule has 0 radical (unpaired) electrons. The van der Waals surface area contributed by atoms with Crippen LogP contribution in [0.15, 0.2) is 53.1 Å². The van der Waals surface area contributed by atoms with Crippen LogP contribution in [0.4, 0.5) is 0 Å². The Morgan fingerprint density at radius 1 is 1.03 bits per heavy atom. The zero-order valence-corrected chi connectivity index (χ0v) is 16.3. The molecule has 1 heterocycles. The van der Waals surface area contributed by atoms with Gasteiger partial charge in [-0.1, -0.05) is 35.5 Å². The van der Waals surface area contributed by atoms with E-state index in [0.29, 0.717) is 35.1 Å². The first-order valence-corrected chi connectivity index (χ1v) is 8.98. The molecule has 0 unspecified atom stereocenters. The number of carbonyl (C=O) groups is 2. The number of hydrazine groups is 1. The van der Waals surface area contributed by atoms with E-state index in [0.717, 1.165) is 5.56 Å². The van der Waals surface area contributed by atoms with Crippen LogP contribution in [0.25, 0.3) is 11.3 Å². The monoisotopic (exact) mass is 395 g/mol. The molecule has 2 N–H and O–H groups in total. The normalized spacial score (nSPS) is 10.3. The van der Waals surface area contributed by atoms with Gasteiger partial charge in [-0.05, 0) is 32.0 Å². The number of methoxy groups -OCH3 is 1. The van der Waals surface area contributed by atoms with E-state index >= 15 is 0 Å². The average molecular weight is 395 g/mol. The van der Waals surface area contributed by atoms with Crippen LogP contribution in [0.1, 0.15) is 33.4 Å². The maximum absolute atomic E-state index is 12.6. The SMILES string of the molecule is CCOc1ccc(C(=O)NNC(=O)c2c(-c3ccccc3)noc2C)cc1OC. The van der Waals surface area contributed by atoms with Crippen molar-refractivity contribution in [1.29, 1.82) is 0 Å². The first-order chi connectivity index (χ1) is 14.0. The highest BCUT2D eigenvalue weighted by Crippen LogP contribution is 2.28. The molecule has 0 saturated heterocycles. The Morgan fingerprint density at radius 2 is 1.76 bits per heavy atom. The number of nitrogens with one attached hydrogen (secondary N) is 2. The Labute approximate surface area is 167 Å². The smallest absolute Gasteiger partial charge is 0.275 e. The largest absolute Gasteiger partial charge is 0.493 e. The van der Waals surface area contributed by atoms with Gasteiger partial charge in [0.1, 0.15) is 17.0 Å². The van der Waals surface area contributed by atoms with Gasteiger partial charge in [0.05, 0.1) is 13.7 Å². The fourth-order valence-electron chi connectivity index (χ4n) is 2.76. The summed E-state index contributed by atoms with van der Waals surface area (Å²) in [5.74, 6) is 0.262. The number of nitrogens with zero attached hydrogens (tertiary/aromatic N) is 1. The fourth-order valence-corrected chi connectivity index (χ4v) is 2.76. The van der Waals surface area contributed by atoms with Crippen molar-refractivity contribution < 1.29 is 23.6 Å². The number of aryl methyl sites for hydroxylation is 1. The minimum atomic E-state index is -0.533. The summed E-state index contributed by atoms with van der Waals surface area (Å²) in [5.41, 5.74) is 6.48. The van der Waals surface area contributed by atoms with E-state index < -0.39 is 11.8 Å². The number of benzene rings is 2. The lowest BCUT2D eigenvalue weighted by Crippen LogP contribution is -2.41. The predicted octanol–water partition coefficient (Wildman–Crippen LogP) is 3.13. The Bertz CT molecular complexity index is 1010. The van der Waals surface area contributed by atoms with Crippen molar-refractivity contribution >= 4 is 11.8 Å². The van der Waals surface area contributed by atoms with Crippen molar-refractivity contribution in [3.8, 4) is 22.8 Å². The van der Waals surface area contributed by atoms with Crippen molar-refractivity contribution in [2.75, 3.05) is 13.7 Å². The van der Waals surface area contributed by atoms with Gasteiger partial charge in [-0.25, -0.2) is 0 Å². The van der Waals surface area contributed by atoms with Crippen molar-refractivity contribution in [3.05, 3.63) is 65.4 Å². The summed E-state index contributed by atoms with van der Waals surface area (Å²) in [6, 6.07) is 13.9. The molecule has 150 valence electrons. The lowest BCUT2D eigenvalue weighted by Gasteiger charge is -2.11. The number of aromatic nitrogens is 1. The summed E-state index contributed by atoms with van der Waals surface area (Å²) in [6.45, 7) is 3.96. The summed E-state index contributed by atoms with van der Waals surface area (Å²) >= 11 is 0. The number of carbonyl (C=O) groups excluding carboxylic acids is 2. The molecule has 2 amide bonds. The number of hydrogen-bond donors (Lipinski definition) is 2. The molecule has 0 spiro atoms. The molecule has 29 heavy (non-hydrogen) atoms. The maximum atomic E-state index is 12.6. The molecule has 1 aromatic heterocycles. The molecule has 0 saturated carbocycles. The number of amides is 2.